The van der Waals surface area contributed by atoms with Gasteiger partial charge >= 0.3 is 0 Å². The van der Waals surface area contributed by atoms with Gasteiger partial charge in [-0.3, -0.25) is 9.59 Å². The maximum atomic E-state index is 13.5. The second-order valence-electron chi connectivity index (χ2n) is 6.87. The van der Waals surface area contributed by atoms with Gasteiger partial charge in [0.15, 0.2) is 0 Å². The van der Waals surface area contributed by atoms with Crippen molar-refractivity contribution < 1.29 is 19.1 Å². The van der Waals surface area contributed by atoms with Gasteiger partial charge in [0.1, 0.15) is 17.2 Å². The molecule has 0 unspecified atom stereocenters. The first-order valence-electron chi connectivity index (χ1n) is 9.56. The largest absolute Gasteiger partial charge is 0.497 e. The molecule has 0 saturated carbocycles. The van der Waals surface area contributed by atoms with Crippen molar-refractivity contribution in [2.45, 2.75) is 0 Å². The third-order valence-electron chi connectivity index (χ3n) is 4.95. The SMILES string of the molecule is COc1ccc(OC)c(NC2=C(c3ccc(Cl)cc3)C(=O)N(c3cccc(Cl)c3)C2=O)c1. The number of amides is 2. The molecule has 0 bridgehead atoms. The van der Waals surface area contributed by atoms with Crippen LogP contribution in [0.1, 0.15) is 5.56 Å². The van der Waals surface area contributed by atoms with Gasteiger partial charge in [-0.05, 0) is 48.0 Å². The van der Waals surface area contributed by atoms with Gasteiger partial charge in [-0.1, -0.05) is 41.4 Å². The highest BCUT2D eigenvalue weighted by Crippen LogP contribution is 2.37. The summed E-state index contributed by atoms with van der Waals surface area (Å²) in [7, 11) is 3.05. The Morgan fingerprint density at radius 1 is 0.812 bits per heavy atom. The first-order chi connectivity index (χ1) is 15.4. The molecule has 8 heteroatoms. The van der Waals surface area contributed by atoms with Crippen LogP contribution in [0, 0.1) is 0 Å². The lowest BCUT2D eigenvalue weighted by Crippen LogP contribution is -2.32. The second kappa shape index (κ2) is 8.94. The Hall–Kier alpha value is -3.48. The van der Waals surface area contributed by atoms with Gasteiger partial charge in [0.25, 0.3) is 11.8 Å². The standard InChI is InChI=1S/C24H18Cl2N2O4/c1-31-18-10-11-20(32-2)19(13-18)27-22-21(14-6-8-15(25)9-7-14)23(29)28(24(22)30)17-5-3-4-16(26)12-17/h3-13,27H,1-2H3. The molecule has 32 heavy (non-hydrogen) atoms. The van der Waals surface area contributed by atoms with E-state index in [4.69, 9.17) is 32.7 Å². The van der Waals surface area contributed by atoms with E-state index in [1.165, 1.54) is 14.2 Å². The molecule has 162 valence electrons. The first kappa shape index (κ1) is 21.7. The lowest BCUT2D eigenvalue weighted by atomic mass is 10.0. The van der Waals surface area contributed by atoms with E-state index in [-0.39, 0.29) is 11.3 Å². The van der Waals surface area contributed by atoms with Crippen molar-refractivity contribution >= 4 is 52.0 Å². The Morgan fingerprint density at radius 3 is 2.22 bits per heavy atom. The Labute approximate surface area is 195 Å². The molecule has 1 aliphatic heterocycles. The normalized spacial score (nSPS) is 13.6. The summed E-state index contributed by atoms with van der Waals surface area (Å²) in [4.78, 5) is 28.0. The number of halogens is 2. The maximum absolute atomic E-state index is 13.5. The van der Waals surface area contributed by atoms with E-state index in [0.29, 0.717) is 38.5 Å². The molecule has 2 amide bonds. The fourth-order valence-electron chi connectivity index (χ4n) is 3.43. The number of nitrogens with zero attached hydrogens (tertiary/aromatic N) is 1. The number of nitrogens with one attached hydrogen (secondary N) is 1. The predicted octanol–water partition coefficient (Wildman–Crippen LogP) is 5.41. The first-order valence-corrected chi connectivity index (χ1v) is 10.3. The number of hydrogen-bond donors (Lipinski definition) is 1. The van der Waals surface area contributed by atoms with Crippen LogP contribution in [-0.2, 0) is 9.59 Å². The van der Waals surface area contributed by atoms with E-state index in [0.717, 1.165) is 4.90 Å². The molecular formula is C24H18Cl2N2O4. The fraction of sp³-hybridized carbons (Fsp3) is 0.0833. The summed E-state index contributed by atoms with van der Waals surface area (Å²) in [5, 5.41) is 4.01. The molecule has 0 fully saturated rings. The highest BCUT2D eigenvalue weighted by atomic mass is 35.5. The van der Waals surface area contributed by atoms with Crippen LogP contribution >= 0.6 is 23.2 Å². The molecular weight excluding hydrogens is 451 g/mol. The molecule has 0 radical (unpaired) electrons. The predicted molar refractivity (Wildman–Crippen MR) is 125 cm³/mol. The summed E-state index contributed by atoms with van der Waals surface area (Å²) in [6.45, 7) is 0. The molecule has 1 aliphatic rings. The van der Waals surface area contributed by atoms with Gasteiger partial charge in [-0.15, -0.1) is 0 Å². The molecule has 6 nitrogen and oxygen atoms in total. The number of hydrogen-bond acceptors (Lipinski definition) is 5. The molecule has 1 N–H and O–H groups in total. The Balaban J connectivity index is 1.86. The van der Waals surface area contributed by atoms with Crippen molar-refractivity contribution in [1.82, 2.24) is 0 Å². The van der Waals surface area contributed by atoms with Crippen LogP contribution < -0.4 is 19.7 Å². The summed E-state index contributed by atoms with van der Waals surface area (Å²) in [5.41, 5.74) is 1.69. The van der Waals surface area contributed by atoms with Crippen molar-refractivity contribution in [3.8, 4) is 11.5 Å². The smallest absolute Gasteiger partial charge is 0.282 e. The summed E-state index contributed by atoms with van der Waals surface area (Å²) in [6.07, 6.45) is 0. The zero-order valence-corrected chi connectivity index (χ0v) is 18.7. The average Bonchev–Trinajstić information content (AvgIpc) is 3.03. The lowest BCUT2D eigenvalue weighted by Gasteiger charge is -2.16. The number of carbonyl (C=O) groups excluding carboxylic acids is 2. The van der Waals surface area contributed by atoms with E-state index in [2.05, 4.69) is 5.32 Å². The highest BCUT2D eigenvalue weighted by molar-refractivity contribution is 6.46. The van der Waals surface area contributed by atoms with Crippen LogP contribution in [0.2, 0.25) is 10.0 Å². The molecule has 0 spiro atoms. The Morgan fingerprint density at radius 2 is 1.56 bits per heavy atom. The number of anilines is 2. The molecule has 0 aliphatic carbocycles. The third kappa shape index (κ3) is 4.02. The number of rotatable bonds is 6. The number of ether oxygens (including phenoxy) is 2. The van der Waals surface area contributed by atoms with E-state index in [1.807, 2.05) is 0 Å². The zero-order valence-electron chi connectivity index (χ0n) is 17.2. The van der Waals surface area contributed by atoms with Gasteiger partial charge in [-0.25, -0.2) is 4.90 Å². The van der Waals surface area contributed by atoms with Crippen molar-refractivity contribution in [3.05, 3.63) is 88.0 Å². The quantitative estimate of drug-likeness (QED) is 0.490. The minimum atomic E-state index is -0.521. The van der Waals surface area contributed by atoms with Crippen molar-refractivity contribution in [1.29, 1.82) is 0 Å². The van der Waals surface area contributed by atoms with Crippen LogP contribution in [0.3, 0.4) is 0 Å². The van der Waals surface area contributed by atoms with Crippen LogP contribution in [0.5, 0.6) is 11.5 Å². The van der Waals surface area contributed by atoms with Crippen molar-refractivity contribution in [2.24, 2.45) is 0 Å². The van der Waals surface area contributed by atoms with Gasteiger partial charge < -0.3 is 14.8 Å². The van der Waals surface area contributed by atoms with Gasteiger partial charge in [0.05, 0.1) is 31.2 Å². The Kier molecular flexibility index (Phi) is 6.08. The number of benzene rings is 3. The van der Waals surface area contributed by atoms with Crippen LogP contribution in [-0.4, -0.2) is 26.0 Å². The minimum absolute atomic E-state index is 0.101. The van der Waals surface area contributed by atoms with E-state index < -0.39 is 11.8 Å². The topological polar surface area (TPSA) is 67.9 Å². The van der Waals surface area contributed by atoms with Crippen LogP contribution in [0.4, 0.5) is 11.4 Å². The molecule has 4 rings (SSSR count). The molecule has 1 heterocycles. The van der Waals surface area contributed by atoms with Crippen molar-refractivity contribution in [3.63, 3.8) is 0 Å². The summed E-state index contributed by atoms with van der Waals surface area (Å²) < 4.78 is 10.7. The van der Waals surface area contributed by atoms with Crippen LogP contribution in [0.15, 0.2) is 72.4 Å². The number of carbonyl (C=O) groups is 2. The average molecular weight is 469 g/mol. The summed E-state index contributed by atoms with van der Waals surface area (Å²) in [6, 6.07) is 18.4. The van der Waals surface area contributed by atoms with Crippen molar-refractivity contribution in [2.75, 3.05) is 24.4 Å². The van der Waals surface area contributed by atoms with E-state index in [1.54, 1.807) is 66.7 Å². The number of imide groups is 1. The molecule has 0 aromatic heterocycles. The second-order valence-corrected chi connectivity index (χ2v) is 7.75. The van der Waals surface area contributed by atoms with Gasteiger partial charge in [-0.2, -0.15) is 0 Å². The Bertz CT molecular complexity index is 1240. The third-order valence-corrected chi connectivity index (χ3v) is 5.44. The summed E-state index contributed by atoms with van der Waals surface area (Å²) >= 11 is 12.1. The lowest BCUT2D eigenvalue weighted by molar-refractivity contribution is -0.120. The monoisotopic (exact) mass is 468 g/mol. The molecule has 3 aromatic carbocycles. The van der Waals surface area contributed by atoms with Crippen LogP contribution in [0.25, 0.3) is 5.57 Å². The van der Waals surface area contributed by atoms with E-state index in [9.17, 15) is 9.59 Å². The van der Waals surface area contributed by atoms with Gasteiger partial charge in [0.2, 0.25) is 0 Å². The highest BCUT2D eigenvalue weighted by Gasteiger charge is 2.40. The molecule has 0 saturated heterocycles. The maximum Gasteiger partial charge on any atom is 0.282 e. The molecule has 0 atom stereocenters. The van der Waals surface area contributed by atoms with E-state index >= 15 is 0 Å². The van der Waals surface area contributed by atoms with Gasteiger partial charge in [0, 0.05) is 16.1 Å². The molecule has 3 aromatic rings. The minimum Gasteiger partial charge on any atom is -0.497 e. The number of methoxy groups -OCH3 is 2. The zero-order chi connectivity index (χ0) is 22.8. The summed E-state index contributed by atoms with van der Waals surface area (Å²) in [5.74, 6) is 0.0386. The fourth-order valence-corrected chi connectivity index (χ4v) is 3.74.